The Labute approximate surface area is 111 Å². The Morgan fingerprint density at radius 3 is 1.83 bits per heavy atom. The summed E-state index contributed by atoms with van der Waals surface area (Å²) in [5.74, 6) is -0.868. The molecule has 0 rings (SSSR count). The molecule has 0 aliphatic heterocycles. The van der Waals surface area contributed by atoms with Gasteiger partial charge >= 0.3 is 5.97 Å². The first-order valence-electron chi connectivity index (χ1n) is 6.96. The molecular formula is C16H26O2. The van der Waals surface area contributed by atoms with Crippen LogP contribution in [0, 0.1) is 0 Å². The van der Waals surface area contributed by atoms with Gasteiger partial charge in [0.1, 0.15) is 0 Å². The molecule has 0 aliphatic carbocycles. The molecular weight excluding hydrogens is 224 g/mol. The number of hydrogen-bond acceptors (Lipinski definition) is 1. The summed E-state index contributed by atoms with van der Waals surface area (Å²) in [4.78, 5) is 10.2. The van der Waals surface area contributed by atoms with E-state index in [1.165, 1.54) is 31.8 Å². The summed E-state index contributed by atoms with van der Waals surface area (Å²) in [6.45, 7) is 2.22. The van der Waals surface area contributed by atoms with E-state index in [-0.39, 0.29) is 0 Å². The standard InChI is InChI=1S/C16H26O2/c1-2-3-4-5-6-7-8-9-10-11-12-13-14-15-16(17)18/h6-7,10-11,14-15H,2-5,8-9,12-13H2,1H3,(H,17,18). The second-order valence-corrected chi connectivity index (χ2v) is 4.33. The molecule has 0 unspecified atom stereocenters. The molecule has 0 atom stereocenters. The third kappa shape index (κ3) is 14.7. The van der Waals surface area contributed by atoms with Gasteiger partial charge in [-0.1, -0.05) is 50.1 Å². The van der Waals surface area contributed by atoms with Gasteiger partial charge in [0.25, 0.3) is 0 Å². The molecule has 2 heteroatoms. The van der Waals surface area contributed by atoms with E-state index >= 15 is 0 Å². The summed E-state index contributed by atoms with van der Waals surface area (Å²) in [6, 6.07) is 0. The largest absolute Gasteiger partial charge is 0.478 e. The summed E-state index contributed by atoms with van der Waals surface area (Å²) in [5.41, 5.74) is 0. The molecule has 0 aromatic rings. The van der Waals surface area contributed by atoms with Gasteiger partial charge in [-0.15, -0.1) is 0 Å². The van der Waals surface area contributed by atoms with Crippen LogP contribution < -0.4 is 0 Å². The Bertz CT molecular complexity index is 275. The van der Waals surface area contributed by atoms with Crippen LogP contribution in [0.15, 0.2) is 36.5 Å². The van der Waals surface area contributed by atoms with Crippen LogP contribution in [0.25, 0.3) is 0 Å². The minimum absolute atomic E-state index is 0.801. The lowest BCUT2D eigenvalue weighted by Gasteiger charge is -1.91. The number of unbranched alkanes of at least 4 members (excludes halogenated alkanes) is 5. The Morgan fingerprint density at radius 1 is 0.833 bits per heavy atom. The van der Waals surface area contributed by atoms with Gasteiger partial charge in [-0.2, -0.15) is 0 Å². The topological polar surface area (TPSA) is 37.3 Å². The van der Waals surface area contributed by atoms with Crippen molar-refractivity contribution in [1.82, 2.24) is 0 Å². The molecule has 0 radical (unpaired) electrons. The molecule has 0 fully saturated rings. The van der Waals surface area contributed by atoms with Crippen molar-refractivity contribution in [3.05, 3.63) is 36.5 Å². The normalized spacial score (nSPS) is 12.1. The highest BCUT2D eigenvalue weighted by Gasteiger charge is 1.84. The highest BCUT2D eigenvalue weighted by molar-refractivity contribution is 5.79. The lowest BCUT2D eigenvalue weighted by Crippen LogP contribution is -1.85. The highest BCUT2D eigenvalue weighted by Crippen LogP contribution is 2.02. The van der Waals surface area contributed by atoms with Crippen LogP contribution in [0.3, 0.4) is 0 Å². The fourth-order valence-electron chi connectivity index (χ4n) is 1.55. The van der Waals surface area contributed by atoms with E-state index in [0.717, 1.165) is 25.7 Å². The van der Waals surface area contributed by atoms with Crippen molar-refractivity contribution in [2.24, 2.45) is 0 Å². The molecule has 1 N–H and O–H groups in total. The van der Waals surface area contributed by atoms with E-state index in [1.54, 1.807) is 6.08 Å². The third-order valence-corrected chi connectivity index (χ3v) is 2.57. The number of carboxylic acid groups (broad SMARTS) is 1. The number of hydrogen-bond donors (Lipinski definition) is 1. The van der Waals surface area contributed by atoms with Gasteiger partial charge in [-0.05, 0) is 38.5 Å². The van der Waals surface area contributed by atoms with Crippen LogP contribution in [0.1, 0.15) is 58.3 Å². The molecule has 2 nitrogen and oxygen atoms in total. The van der Waals surface area contributed by atoms with Crippen molar-refractivity contribution in [2.45, 2.75) is 58.3 Å². The lowest BCUT2D eigenvalue weighted by molar-refractivity contribution is -0.131. The number of carbonyl (C=O) groups is 1. The minimum Gasteiger partial charge on any atom is -0.478 e. The molecule has 0 saturated carbocycles. The molecule has 102 valence electrons. The van der Waals surface area contributed by atoms with E-state index in [0.29, 0.717) is 0 Å². The van der Waals surface area contributed by atoms with Crippen molar-refractivity contribution >= 4 is 5.97 Å². The molecule has 0 aromatic carbocycles. The van der Waals surface area contributed by atoms with E-state index in [4.69, 9.17) is 5.11 Å². The summed E-state index contributed by atoms with van der Waals surface area (Å²) >= 11 is 0. The fourth-order valence-corrected chi connectivity index (χ4v) is 1.55. The van der Waals surface area contributed by atoms with Crippen molar-refractivity contribution in [3.63, 3.8) is 0 Å². The maximum atomic E-state index is 10.2. The van der Waals surface area contributed by atoms with E-state index < -0.39 is 5.97 Å². The van der Waals surface area contributed by atoms with E-state index in [1.807, 2.05) is 0 Å². The maximum absolute atomic E-state index is 10.2. The van der Waals surface area contributed by atoms with Crippen LogP contribution in [0.5, 0.6) is 0 Å². The Kier molecular flexibility index (Phi) is 12.8. The number of aliphatic carboxylic acids is 1. The second kappa shape index (κ2) is 13.8. The smallest absolute Gasteiger partial charge is 0.327 e. The first kappa shape index (κ1) is 16.7. The molecule has 0 aliphatic rings. The monoisotopic (exact) mass is 250 g/mol. The average Bonchev–Trinajstić information content (AvgIpc) is 2.34. The summed E-state index contributed by atoms with van der Waals surface area (Å²) in [6.07, 6.45) is 20.7. The number of rotatable bonds is 11. The predicted octanol–water partition coefficient (Wildman–Crippen LogP) is 4.88. The van der Waals surface area contributed by atoms with Crippen molar-refractivity contribution in [1.29, 1.82) is 0 Å². The summed E-state index contributed by atoms with van der Waals surface area (Å²) in [7, 11) is 0. The third-order valence-electron chi connectivity index (χ3n) is 2.57. The van der Waals surface area contributed by atoms with Crippen LogP contribution in [-0.2, 0) is 4.79 Å². The number of allylic oxidation sites excluding steroid dienone is 5. The lowest BCUT2D eigenvalue weighted by atomic mass is 10.2. The summed E-state index contributed by atoms with van der Waals surface area (Å²) in [5, 5.41) is 8.38. The van der Waals surface area contributed by atoms with Gasteiger partial charge in [-0.3, -0.25) is 0 Å². The first-order chi connectivity index (χ1) is 8.77. The zero-order valence-corrected chi connectivity index (χ0v) is 11.5. The van der Waals surface area contributed by atoms with Gasteiger partial charge in [0, 0.05) is 6.08 Å². The van der Waals surface area contributed by atoms with Crippen LogP contribution in [0.2, 0.25) is 0 Å². The molecule has 0 saturated heterocycles. The molecule has 0 heterocycles. The van der Waals surface area contributed by atoms with Gasteiger partial charge in [0.15, 0.2) is 0 Å². The van der Waals surface area contributed by atoms with Gasteiger partial charge < -0.3 is 5.11 Å². The molecule has 0 amide bonds. The Balaban J connectivity index is 3.30. The highest BCUT2D eigenvalue weighted by atomic mass is 16.4. The van der Waals surface area contributed by atoms with Crippen molar-refractivity contribution in [2.75, 3.05) is 0 Å². The zero-order valence-electron chi connectivity index (χ0n) is 11.5. The van der Waals surface area contributed by atoms with Crippen LogP contribution in [-0.4, -0.2) is 11.1 Å². The van der Waals surface area contributed by atoms with Crippen molar-refractivity contribution < 1.29 is 9.90 Å². The van der Waals surface area contributed by atoms with Crippen LogP contribution >= 0.6 is 0 Å². The number of carboxylic acids is 1. The van der Waals surface area contributed by atoms with Gasteiger partial charge in [-0.25, -0.2) is 4.79 Å². The van der Waals surface area contributed by atoms with E-state index in [9.17, 15) is 4.79 Å². The average molecular weight is 250 g/mol. The quantitative estimate of drug-likeness (QED) is 0.322. The zero-order chi connectivity index (χ0) is 13.5. The molecule has 0 spiro atoms. The maximum Gasteiger partial charge on any atom is 0.327 e. The van der Waals surface area contributed by atoms with Gasteiger partial charge in [0.05, 0.1) is 0 Å². The van der Waals surface area contributed by atoms with Gasteiger partial charge in [0.2, 0.25) is 0 Å². The molecule has 18 heavy (non-hydrogen) atoms. The molecule has 0 aromatic heterocycles. The van der Waals surface area contributed by atoms with Crippen LogP contribution in [0.4, 0.5) is 0 Å². The van der Waals surface area contributed by atoms with Crippen molar-refractivity contribution in [3.8, 4) is 0 Å². The fraction of sp³-hybridized carbons (Fsp3) is 0.562. The Morgan fingerprint density at radius 2 is 1.33 bits per heavy atom. The SMILES string of the molecule is CCCCCC=CCCC=CCCC=CC(=O)O. The Hall–Kier alpha value is -1.31. The van der Waals surface area contributed by atoms with E-state index in [2.05, 4.69) is 31.2 Å². The second-order valence-electron chi connectivity index (χ2n) is 4.33. The predicted molar refractivity (Wildman–Crippen MR) is 77.7 cm³/mol. The molecule has 0 bridgehead atoms. The minimum atomic E-state index is -0.868. The summed E-state index contributed by atoms with van der Waals surface area (Å²) < 4.78 is 0. The first-order valence-corrected chi connectivity index (χ1v) is 6.96.